The second-order valence-corrected chi connectivity index (χ2v) is 6.87. The molecule has 1 atom stereocenters. The Labute approximate surface area is 133 Å². The Balaban J connectivity index is 2.17. The van der Waals surface area contributed by atoms with Crippen molar-refractivity contribution in [3.8, 4) is 0 Å². The maximum absolute atomic E-state index is 12.3. The molecule has 0 N–H and O–H groups in total. The smallest absolute Gasteiger partial charge is 0.327 e. The largest absolute Gasteiger partial charge is 0.468 e. The Morgan fingerprint density at radius 3 is 2.73 bits per heavy atom. The van der Waals surface area contributed by atoms with Gasteiger partial charge in [-0.3, -0.25) is 4.90 Å². The van der Waals surface area contributed by atoms with Crippen molar-refractivity contribution in [2.45, 2.75) is 45.8 Å². The topological polar surface area (TPSA) is 38.8 Å². The lowest BCUT2D eigenvalue weighted by Crippen LogP contribution is -2.42. The molecule has 0 aliphatic carbocycles. The summed E-state index contributed by atoms with van der Waals surface area (Å²) in [7, 11) is 1.45. The second-order valence-electron chi connectivity index (χ2n) is 6.87. The standard InChI is InChI=1S/C18H27NO3/c1-13-6-7-15-14(12-13)8-9-19(16(15)17(20)21-5)10-11-22-18(2,3)4/h6-7,12,16H,8-11H2,1-5H3. The maximum atomic E-state index is 12.3. The average molecular weight is 305 g/mol. The van der Waals surface area contributed by atoms with Crippen LogP contribution in [0, 0.1) is 6.92 Å². The highest BCUT2D eigenvalue weighted by Crippen LogP contribution is 2.31. The van der Waals surface area contributed by atoms with E-state index in [4.69, 9.17) is 9.47 Å². The van der Waals surface area contributed by atoms with Crippen molar-refractivity contribution in [1.29, 1.82) is 0 Å². The molecule has 122 valence electrons. The molecule has 1 aromatic rings. The zero-order valence-corrected chi connectivity index (χ0v) is 14.3. The Hall–Kier alpha value is -1.39. The van der Waals surface area contributed by atoms with Gasteiger partial charge in [0.2, 0.25) is 0 Å². The van der Waals surface area contributed by atoms with Gasteiger partial charge in [-0.1, -0.05) is 23.8 Å². The quantitative estimate of drug-likeness (QED) is 0.802. The van der Waals surface area contributed by atoms with Crippen molar-refractivity contribution >= 4 is 5.97 Å². The van der Waals surface area contributed by atoms with E-state index in [-0.39, 0.29) is 17.6 Å². The first kappa shape index (κ1) is 17.0. The molecular formula is C18H27NO3. The van der Waals surface area contributed by atoms with Crippen LogP contribution in [0.4, 0.5) is 0 Å². The third kappa shape index (κ3) is 4.08. The highest BCUT2D eigenvalue weighted by atomic mass is 16.5. The molecule has 0 amide bonds. The molecule has 0 radical (unpaired) electrons. The predicted molar refractivity (Wildman–Crippen MR) is 86.9 cm³/mol. The summed E-state index contributed by atoms with van der Waals surface area (Å²) in [4.78, 5) is 14.4. The molecule has 0 fully saturated rings. The Kier molecular flexibility index (Phi) is 5.24. The van der Waals surface area contributed by atoms with Gasteiger partial charge >= 0.3 is 5.97 Å². The molecule has 1 aliphatic rings. The maximum Gasteiger partial charge on any atom is 0.327 e. The van der Waals surface area contributed by atoms with Gasteiger partial charge in [-0.05, 0) is 45.2 Å². The summed E-state index contributed by atoms with van der Waals surface area (Å²) >= 11 is 0. The number of esters is 1. The van der Waals surface area contributed by atoms with E-state index in [2.05, 4.69) is 30.0 Å². The summed E-state index contributed by atoms with van der Waals surface area (Å²) in [5.74, 6) is -0.194. The Morgan fingerprint density at radius 1 is 1.36 bits per heavy atom. The average Bonchev–Trinajstić information content (AvgIpc) is 2.44. The molecule has 1 aromatic carbocycles. The third-order valence-corrected chi connectivity index (χ3v) is 3.96. The number of carbonyl (C=O) groups excluding carboxylic acids is 1. The lowest BCUT2D eigenvalue weighted by molar-refractivity contribution is -0.148. The number of fused-ring (bicyclic) bond motifs is 1. The molecule has 0 saturated carbocycles. The summed E-state index contributed by atoms with van der Waals surface area (Å²) in [5.41, 5.74) is 3.39. The van der Waals surface area contributed by atoms with E-state index in [1.165, 1.54) is 18.2 Å². The van der Waals surface area contributed by atoms with Crippen molar-refractivity contribution < 1.29 is 14.3 Å². The van der Waals surface area contributed by atoms with E-state index >= 15 is 0 Å². The third-order valence-electron chi connectivity index (χ3n) is 3.96. The van der Waals surface area contributed by atoms with Gasteiger partial charge in [0.15, 0.2) is 0 Å². The SMILES string of the molecule is COC(=O)C1c2ccc(C)cc2CCN1CCOC(C)(C)C. The number of hydrogen-bond donors (Lipinski definition) is 0. The lowest BCUT2D eigenvalue weighted by Gasteiger charge is -2.36. The van der Waals surface area contributed by atoms with Gasteiger partial charge in [-0.15, -0.1) is 0 Å². The fourth-order valence-corrected chi connectivity index (χ4v) is 2.91. The molecule has 0 bridgehead atoms. The summed E-state index contributed by atoms with van der Waals surface area (Å²) in [6.07, 6.45) is 0.958. The van der Waals surface area contributed by atoms with E-state index in [0.717, 1.165) is 25.1 Å². The van der Waals surface area contributed by atoms with E-state index in [1.807, 2.05) is 20.8 Å². The molecule has 1 heterocycles. The van der Waals surface area contributed by atoms with Gasteiger partial charge in [0.05, 0.1) is 19.3 Å². The normalized spacial score (nSPS) is 18.9. The van der Waals surface area contributed by atoms with Crippen LogP contribution in [0.15, 0.2) is 18.2 Å². The van der Waals surface area contributed by atoms with Crippen LogP contribution in [0.1, 0.15) is 43.5 Å². The second kappa shape index (κ2) is 6.80. The Bertz CT molecular complexity index is 534. The fraction of sp³-hybridized carbons (Fsp3) is 0.611. The number of benzene rings is 1. The molecule has 1 aliphatic heterocycles. The summed E-state index contributed by atoms with van der Waals surface area (Å²) in [6, 6.07) is 5.97. The first-order chi connectivity index (χ1) is 10.3. The zero-order valence-electron chi connectivity index (χ0n) is 14.3. The van der Waals surface area contributed by atoms with Gasteiger partial charge < -0.3 is 9.47 Å². The number of rotatable bonds is 4. The van der Waals surface area contributed by atoms with Crippen LogP contribution < -0.4 is 0 Å². The first-order valence-corrected chi connectivity index (χ1v) is 7.87. The minimum Gasteiger partial charge on any atom is -0.468 e. The zero-order chi connectivity index (χ0) is 16.3. The number of methoxy groups -OCH3 is 1. The number of carbonyl (C=O) groups is 1. The number of ether oxygens (including phenoxy) is 2. The van der Waals surface area contributed by atoms with Crippen molar-refractivity contribution in [2.24, 2.45) is 0 Å². The monoisotopic (exact) mass is 305 g/mol. The van der Waals surface area contributed by atoms with Gasteiger partial charge in [-0.25, -0.2) is 4.79 Å². The summed E-state index contributed by atoms with van der Waals surface area (Å²) < 4.78 is 10.8. The van der Waals surface area contributed by atoms with Crippen LogP contribution >= 0.6 is 0 Å². The molecule has 2 rings (SSSR count). The van der Waals surface area contributed by atoms with Gasteiger partial charge in [0.25, 0.3) is 0 Å². The highest BCUT2D eigenvalue weighted by Gasteiger charge is 2.33. The summed E-state index contributed by atoms with van der Waals surface area (Å²) in [5, 5.41) is 0. The minimum absolute atomic E-state index is 0.161. The molecule has 4 nitrogen and oxygen atoms in total. The predicted octanol–water partition coefficient (Wildman–Crippen LogP) is 2.88. The van der Waals surface area contributed by atoms with Crippen molar-refractivity contribution in [1.82, 2.24) is 4.90 Å². The van der Waals surface area contributed by atoms with Crippen LogP contribution in [0.2, 0.25) is 0 Å². The fourth-order valence-electron chi connectivity index (χ4n) is 2.91. The molecule has 0 spiro atoms. The van der Waals surface area contributed by atoms with E-state index < -0.39 is 0 Å². The molecule has 0 saturated heterocycles. The van der Waals surface area contributed by atoms with E-state index in [1.54, 1.807) is 0 Å². The van der Waals surface area contributed by atoms with Crippen molar-refractivity contribution in [2.75, 3.05) is 26.8 Å². The molecule has 22 heavy (non-hydrogen) atoms. The van der Waals surface area contributed by atoms with Crippen molar-refractivity contribution in [3.63, 3.8) is 0 Å². The summed E-state index contributed by atoms with van der Waals surface area (Å²) in [6.45, 7) is 10.4. The van der Waals surface area contributed by atoms with Crippen LogP contribution in [0.25, 0.3) is 0 Å². The number of nitrogens with zero attached hydrogens (tertiary/aromatic N) is 1. The molecular weight excluding hydrogens is 278 g/mol. The Morgan fingerprint density at radius 2 is 2.09 bits per heavy atom. The molecule has 4 heteroatoms. The van der Waals surface area contributed by atoms with Crippen LogP contribution in [0.5, 0.6) is 0 Å². The first-order valence-electron chi connectivity index (χ1n) is 7.87. The number of aryl methyl sites for hydroxylation is 1. The van der Waals surface area contributed by atoms with Gasteiger partial charge in [0.1, 0.15) is 6.04 Å². The highest BCUT2D eigenvalue weighted by molar-refractivity contribution is 5.78. The van der Waals surface area contributed by atoms with Gasteiger partial charge in [-0.2, -0.15) is 0 Å². The van der Waals surface area contributed by atoms with Gasteiger partial charge in [0, 0.05) is 13.1 Å². The van der Waals surface area contributed by atoms with E-state index in [9.17, 15) is 4.79 Å². The number of hydrogen-bond acceptors (Lipinski definition) is 4. The van der Waals surface area contributed by atoms with Crippen LogP contribution in [-0.2, 0) is 20.7 Å². The lowest BCUT2D eigenvalue weighted by atomic mass is 9.91. The molecule has 0 aromatic heterocycles. The van der Waals surface area contributed by atoms with E-state index in [0.29, 0.717) is 6.61 Å². The van der Waals surface area contributed by atoms with Crippen LogP contribution in [-0.4, -0.2) is 43.3 Å². The molecule has 1 unspecified atom stereocenters. The minimum atomic E-state index is -0.321. The van der Waals surface area contributed by atoms with Crippen LogP contribution in [0.3, 0.4) is 0 Å². The van der Waals surface area contributed by atoms with Crippen molar-refractivity contribution in [3.05, 3.63) is 34.9 Å².